The first-order valence-corrected chi connectivity index (χ1v) is 10.7. The van der Waals surface area contributed by atoms with Gasteiger partial charge in [0.2, 0.25) is 0 Å². The van der Waals surface area contributed by atoms with Gasteiger partial charge in [-0.05, 0) is 25.6 Å². The minimum atomic E-state index is 0.642. The summed E-state index contributed by atoms with van der Waals surface area (Å²) in [6.07, 6.45) is 3.95. The number of aromatic nitrogens is 4. The van der Waals surface area contributed by atoms with Crippen LogP contribution in [-0.2, 0) is 0 Å². The highest BCUT2D eigenvalue weighted by atomic mass is 15.3. The summed E-state index contributed by atoms with van der Waals surface area (Å²) in [6.45, 7) is 8.27. The quantitative estimate of drug-likeness (QED) is 0.518. The number of hydrogen-bond donors (Lipinski definition) is 3. The molecule has 2 aromatic heterocycles. The number of aryl methyl sites for hydroxylation is 1. The minimum absolute atomic E-state index is 0.642. The molecule has 1 aromatic carbocycles. The number of likely N-dealkylation sites (N-methyl/N-ethyl adjacent to an activating group) is 1. The Morgan fingerprint density at radius 2 is 1.74 bits per heavy atom. The van der Waals surface area contributed by atoms with Crippen LogP contribution in [0.25, 0.3) is 12.2 Å². The highest BCUT2D eigenvalue weighted by Gasteiger charge is 2.13. The van der Waals surface area contributed by atoms with E-state index in [1.807, 2.05) is 49.4 Å². The van der Waals surface area contributed by atoms with Crippen molar-refractivity contribution in [3.05, 3.63) is 59.5 Å². The maximum absolute atomic E-state index is 4.69. The van der Waals surface area contributed by atoms with Crippen LogP contribution in [0.4, 0.5) is 17.5 Å². The lowest BCUT2D eigenvalue weighted by molar-refractivity contribution is 0.158. The molecular weight excluding hydrogens is 388 g/mol. The molecule has 1 saturated heterocycles. The number of H-pyrrole nitrogens is 1. The van der Waals surface area contributed by atoms with Crippen molar-refractivity contribution >= 4 is 29.6 Å². The van der Waals surface area contributed by atoms with Crippen LogP contribution in [0, 0.1) is 6.92 Å². The fourth-order valence-electron chi connectivity index (χ4n) is 3.46. The summed E-state index contributed by atoms with van der Waals surface area (Å²) < 4.78 is 0. The zero-order valence-corrected chi connectivity index (χ0v) is 18.2. The van der Waals surface area contributed by atoms with Crippen LogP contribution in [-0.4, -0.2) is 76.3 Å². The average Bonchev–Trinajstić information content (AvgIpc) is 3.19. The monoisotopic (exact) mass is 418 g/mol. The van der Waals surface area contributed by atoms with Crippen LogP contribution in [0.3, 0.4) is 0 Å². The van der Waals surface area contributed by atoms with Crippen LogP contribution >= 0.6 is 0 Å². The van der Waals surface area contributed by atoms with Gasteiger partial charge in [-0.1, -0.05) is 36.4 Å². The number of piperazine rings is 1. The van der Waals surface area contributed by atoms with Gasteiger partial charge in [0, 0.05) is 57.1 Å². The van der Waals surface area contributed by atoms with E-state index < -0.39 is 0 Å². The fraction of sp³-hybridized carbons (Fsp3) is 0.348. The van der Waals surface area contributed by atoms with Gasteiger partial charge < -0.3 is 15.5 Å². The molecule has 3 heterocycles. The second kappa shape index (κ2) is 10.2. The number of nitrogens with one attached hydrogen (secondary N) is 3. The maximum atomic E-state index is 4.69. The van der Waals surface area contributed by atoms with Crippen molar-refractivity contribution < 1.29 is 0 Å². The van der Waals surface area contributed by atoms with E-state index in [9.17, 15) is 0 Å². The SMILES string of the molecule is Cc1cc(Nc2cc(NCCN3CCN(C)CC3)nc(C=Cc3ccccc3)n2)n[nH]1. The molecule has 3 aromatic rings. The summed E-state index contributed by atoms with van der Waals surface area (Å²) in [7, 11) is 2.18. The normalized spacial score (nSPS) is 15.4. The van der Waals surface area contributed by atoms with Gasteiger partial charge in [0.1, 0.15) is 11.6 Å². The minimum Gasteiger partial charge on any atom is -0.369 e. The van der Waals surface area contributed by atoms with E-state index in [-0.39, 0.29) is 0 Å². The molecule has 0 aliphatic carbocycles. The summed E-state index contributed by atoms with van der Waals surface area (Å²) in [5, 5.41) is 13.9. The molecule has 0 unspecified atom stereocenters. The molecule has 0 atom stereocenters. The van der Waals surface area contributed by atoms with Crippen LogP contribution < -0.4 is 10.6 Å². The van der Waals surface area contributed by atoms with Crippen LogP contribution in [0.2, 0.25) is 0 Å². The van der Waals surface area contributed by atoms with Crippen LogP contribution in [0.5, 0.6) is 0 Å². The summed E-state index contributed by atoms with van der Waals surface area (Å²) in [6, 6.07) is 14.0. The Balaban J connectivity index is 1.46. The Labute approximate surface area is 183 Å². The molecule has 162 valence electrons. The van der Waals surface area contributed by atoms with E-state index in [0.717, 1.165) is 62.2 Å². The van der Waals surface area contributed by atoms with Crippen LogP contribution in [0.1, 0.15) is 17.1 Å². The second-order valence-electron chi connectivity index (χ2n) is 7.87. The van der Waals surface area contributed by atoms with Gasteiger partial charge in [-0.15, -0.1) is 0 Å². The molecule has 0 spiro atoms. The van der Waals surface area contributed by atoms with E-state index in [2.05, 4.69) is 59.8 Å². The van der Waals surface area contributed by atoms with Crippen molar-refractivity contribution in [3.63, 3.8) is 0 Å². The first-order chi connectivity index (χ1) is 15.1. The lowest BCUT2D eigenvalue weighted by Crippen LogP contribution is -2.45. The van der Waals surface area contributed by atoms with Gasteiger partial charge in [-0.2, -0.15) is 5.10 Å². The predicted molar refractivity (Wildman–Crippen MR) is 126 cm³/mol. The average molecular weight is 419 g/mol. The van der Waals surface area contributed by atoms with Gasteiger partial charge in [0.25, 0.3) is 0 Å². The van der Waals surface area contributed by atoms with Gasteiger partial charge >= 0.3 is 0 Å². The molecular formula is C23H30N8. The first-order valence-electron chi connectivity index (χ1n) is 10.7. The van der Waals surface area contributed by atoms with Gasteiger partial charge in [-0.25, -0.2) is 9.97 Å². The smallest absolute Gasteiger partial charge is 0.156 e. The Morgan fingerprint density at radius 3 is 2.48 bits per heavy atom. The highest BCUT2D eigenvalue weighted by Crippen LogP contribution is 2.18. The summed E-state index contributed by atoms with van der Waals surface area (Å²) in [4.78, 5) is 14.2. The Kier molecular flexibility index (Phi) is 6.91. The van der Waals surface area contributed by atoms with Crippen molar-refractivity contribution in [2.45, 2.75) is 6.92 Å². The largest absolute Gasteiger partial charge is 0.369 e. The van der Waals surface area contributed by atoms with E-state index >= 15 is 0 Å². The highest BCUT2D eigenvalue weighted by molar-refractivity contribution is 5.68. The van der Waals surface area contributed by atoms with E-state index in [4.69, 9.17) is 0 Å². The van der Waals surface area contributed by atoms with Gasteiger partial charge in [-0.3, -0.25) is 10.00 Å². The topological polar surface area (TPSA) is 85.0 Å². The summed E-state index contributed by atoms with van der Waals surface area (Å²) >= 11 is 0. The molecule has 1 fully saturated rings. The van der Waals surface area contributed by atoms with E-state index in [1.54, 1.807) is 0 Å². The number of rotatable bonds is 8. The molecule has 0 amide bonds. The van der Waals surface area contributed by atoms with Crippen molar-refractivity contribution in [1.82, 2.24) is 30.0 Å². The van der Waals surface area contributed by atoms with Crippen LogP contribution in [0.15, 0.2) is 42.5 Å². The molecule has 3 N–H and O–H groups in total. The number of aromatic amines is 1. The standard InChI is InChI=1S/C23H30N8/c1-18-16-23(29-28-18)27-22-17-21(24-10-11-31-14-12-30(2)13-15-31)25-20(26-22)9-8-19-6-4-3-5-7-19/h3-9,16-17H,10-15H2,1-2H3,(H3,24,25,26,27,28,29). The molecule has 0 bridgehead atoms. The molecule has 4 rings (SSSR count). The third-order valence-electron chi connectivity index (χ3n) is 5.26. The Bertz CT molecular complexity index is 990. The number of benzene rings is 1. The molecule has 8 nitrogen and oxygen atoms in total. The van der Waals surface area contributed by atoms with Crippen molar-refractivity contribution in [2.24, 2.45) is 0 Å². The number of hydrogen-bond acceptors (Lipinski definition) is 7. The fourth-order valence-corrected chi connectivity index (χ4v) is 3.46. The van der Waals surface area contributed by atoms with Gasteiger partial charge in [0.15, 0.2) is 11.6 Å². The third kappa shape index (κ3) is 6.37. The van der Waals surface area contributed by atoms with Crippen molar-refractivity contribution in [2.75, 3.05) is 56.9 Å². The number of nitrogens with zero attached hydrogens (tertiary/aromatic N) is 5. The van der Waals surface area contributed by atoms with E-state index in [1.165, 1.54) is 0 Å². The molecule has 0 radical (unpaired) electrons. The molecule has 31 heavy (non-hydrogen) atoms. The first kappa shape index (κ1) is 21.0. The third-order valence-corrected chi connectivity index (χ3v) is 5.26. The summed E-state index contributed by atoms with van der Waals surface area (Å²) in [5.41, 5.74) is 2.10. The summed E-state index contributed by atoms with van der Waals surface area (Å²) in [5.74, 6) is 2.88. The molecule has 1 aliphatic heterocycles. The zero-order chi connectivity index (χ0) is 21.5. The predicted octanol–water partition coefficient (Wildman–Crippen LogP) is 3.08. The maximum Gasteiger partial charge on any atom is 0.156 e. The molecule has 8 heteroatoms. The Morgan fingerprint density at radius 1 is 0.968 bits per heavy atom. The number of anilines is 3. The lowest BCUT2D eigenvalue weighted by Gasteiger charge is -2.32. The van der Waals surface area contributed by atoms with Crippen molar-refractivity contribution in [3.8, 4) is 0 Å². The van der Waals surface area contributed by atoms with Crippen molar-refractivity contribution in [1.29, 1.82) is 0 Å². The zero-order valence-electron chi connectivity index (χ0n) is 18.2. The van der Waals surface area contributed by atoms with Gasteiger partial charge in [0.05, 0.1) is 0 Å². The molecule has 1 aliphatic rings. The lowest BCUT2D eigenvalue weighted by atomic mass is 10.2. The van der Waals surface area contributed by atoms with E-state index in [0.29, 0.717) is 11.6 Å². The Hall–Kier alpha value is -3.23. The second-order valence-corrected chi connectivity index (χ2v) is 7.87. The molecule has 0 saturated carbocycles.